The molecule has 1 saturated carbocycles. The third kappa shape index (κ3) is 3.72. The zero-order chi connectivity index (χ0) is 16.2. The molecule has 1 aromatic heterocycles. The van der Waals surface area contributed by atoms with Gasteiger partial charge in [0, 0.05) is 13.6 Å². The molecule has 0 N–H and O–H groups in total. The van der Waals surface area contributed by atoms with Crippen LogP contribution >= 0.6 is 0 Å². The number of nitrogens with zero attached hydrogens (tertiary/aromatic N) is 4. The molecule has 7 nitrogen and oxygen atoms in total. The maximum absolute atomic E-state index is 12.8. The lowest BCUT2D eigenvalue weighted by Crippen LogP contribution is -2.48. The fourth-order valence-electron chi connectivity index (χ4n) is 3.38. The van der Waals surface area contributed by atoms with Crippen LogP contribution in [0.4, 0.5) is 0 Å². The lowest BCUT2D eigenvalue weighted by Gasteiger charge is -2.34. The van der Waals surface area contributed by atoms with Gasteiger partial charge in [0.05, 0.1) is 19.3 Å². The van der Waals surface area contributed by atoms with Crippen molar-refractivity contribution in [3.05, 3.63) is 12.2 Å². The summed E-state index contributed by atoms with van der Waals surface area (Å²) >= 11 is 0. The topological polar surface area (TPSA) is 69.5 Å². The molecule has 1 aliphatic carbocycles. The van der Waals surface area contributed by atoms with E-state index < -0.39 is 0 Å². The van der Waals surface area contributed by atoms with Gasteiger partial charge in [0.25, 0.3) is 5.91 Å². The number of hydrogen-bond donors (Lipinski definition) is 0. The van der Waals surface area contributed by atoms with Gasteiger partial charge in [0.15, 0.2) is 5.82 Å². The van der Waals surface area contributed by atoms with E-state index in [0.29, 0.717) is 26.1 Å². The molecule has 23 heavy (non-hydrogen) atoms. The van der Waals surface area contributed by atoms with Crippen LogP contribution in [0.5, 0.6) is 0 Å². The summed E-state index contributed by atoms with van der Waals surface area (Å²) in [5, 5.41) is 7.99. The van der Waals surface area contributed by atoms with Crippen molar-refractivity contribution in [2.45, 2.75) is 57.3 Å². The number of amides is 1. The highest BCUT2D eigenvalue weighted by Crippen LogP contribution is 2.25. The highest BCUT2D eigenvalue weighted by molar-refractivity contribution is 5.81. The van der Waals surface area contributed by atoms with Crippen LogP contribution < -0.4 is 0 Å². The SMILES string of the molecule is CCC(OC1CCCC1)C(=O)N1CCOC(c2nncn2C)C1. The molecule has 7 heteroatoms. The zero-order valence-corrected chi connectivity index (χ0v) is 14.0. The Morgan fingerprint density at radius 1 is 1.48 bits per heavy atom. The second kappa shape index (κ2) is 7.40. The van der Waals surface area contributed by atoms with Crippen molar-refractivity contribution in [1.29, 1.82) is 0 Å². The van der Waals surface area contributed by atoms with Crippen LogP contribution in [0.3, 0.4) is 0 Å². The minimum Gasteiger partial charge on any atom is -0.366 e. The summed E-state index contributed by atoms with van der Waals surface area (Å²) in [6, 6.07) is 0. The second-order valence-electron chi connectivity index (χ2n) is 6.38. The summed E-state index contributed by atoms with van der Waals surface area (Å²) in [5.41, 5.74) is 0. The third-order valence-corrected chi connectivity index (χ3v) is 4.72. The monoisotopic (exact) mass is 322 g/mol. The molecule has 0 bridgehead atoms. The predicted molar refractivity (Wildman–Crippen MR) is 83.7 cm³/mol. The molecule has 0 spiro atoms. The fourth-order valence-corrected chi connectivity index (χ4v) is 3.38. The van der Waals surface area contributed by atoms with Crippen LogP contribution in [0.1, 0.15) is 51.0 Å². The van der Waals surface area contributed by atoms with Gasteiger partial charge in [0.2, 0.25) is 0 Å². The molecule has 0 aromatic carbocycles. The van der Waals surface area contributed by atoms with Gasteiger partial charge in [-0.3, -0.25) is 4.79 Å². The van der Waals surface area contributed by atoms with E-state index in [9.17, 15) is 4.79 Å². The summed E-state index contributed by atoms with van der Waals surface area (Å²) < 4.78 is 13.7. The smallest absolute Gasteiger partial charge is 0.251 e. The number of carbonyl (C=O) groups excluding carboxylic acids is 1. The van der Waals surface area contributed by atoms with Crippen molar-refractivity contribution in [3.63, 3.8) is 0 Å². The van der Waals surface area contributed by atoms with Crippen molar-refractivity contribution in [2.75, 3.05) is 19.7 Å². The van der Waals surface area contributed by atoms with Crippen LogP contribution in [-0.4, -0.2) is 57.5 Å². The van der Waals surface area contributed by atoms with E-state index in [-0.39, 0.29) is 24.2 Å². The molecule has 1 amide bonds. The van der Waals surface area contributed by atoms with Crippen LogP contribution in [-0.2, 0) is 21.3 Å². The van der Waals surface area contributed by atoms with Gasteiger partial charge in [-0.1, -0.05) is 19.8 Å². The molecule has 2 aliphatic rings. The van der Waals surface area contributed by atoms with Gasteiger partial charge in [-0.05, 0) is 19.3 Å². The molecule has 2 unspecified atom stereocenters. The summed E-state index contributed by atoms with van der Waals surface area (Å²) in [5.74, 6) is 0.835. The van der Waals surface area contributed by atoms with E-state index in [1.807, 2.05) is 23.4 Å². The number of aryl methyl sites for hydroxylation is 1. The van der Waals surface area contributed by atoms with Crippen molar-refractivity contribution in [3.8, 4) is 0 Å². The van der Waals surface area contributed by atoms with E-state index in [0.717, 1.165) is 18.7 Å². The third-order valence-electron chi connectivity index (χ3n) is 4.72. The van der Waals surface area contributed by atoms with E-state index >= 15 is 0 Å². The van der Waals surface area contributed by atoms with E-state index in [4.69, 9.17) is 9.47 Å². The maximum Gasteiger partial charge on any atom is 0.251 e. The fraction of sp³-hybridized carbons (Fsp3) is 0.812. The van der Waals surface area contributed by atoms with Gasteiger partial charge >= 0.3 is 0 Å². The van der Waals surface area contributed by atoms with Gasteiger partial charge in [-0.25, -0.2) is 0 Å². The van der Waals surface area contributed by atoms with Crippen LogP contribution in [0.15, 0.2) is 6.33 Å². The highest BCUT2D eigenvalue weighted by atomic mass is 16.5. The molecule has 128 valence electrons. The van der Waals surface area contributed by atoms with Crippen molar-refractivity contribution >= 4 is 5.91 Å². The first kappa shape index (κ1) is 16.4. The molecular formula is C16H26N4O3. The first-order valence-electron chi connectivity index (χ1n) is 8.58. The Balaban J connectivity index is 1.62. The molecule has 1 aliphatic heterocycles. The molecule has 2 heterocycles. The largest absolute Gasteiger partial charge is 0.366 e. The Labute approximate surface area is 137 Å². The lowest BCUT2D eigenvalue weighted by atomic mass is 10.2. The minimum absolute atomic E-state index is 0.0786. The van der Waals surface area contributed by atoms with E-state index in [2.05, 4.69) is 10.2 Å². The number of aromatic nitrogens is 3. The quantitative estimate of drug-likeness (QED) is 0.821. The summed E-state index contributed by atoms with van der Waals surface area (Å²) in [7, 11) is 1.89. The molecule has 2 atom stereocenters. The zero-order valence-electron chi connectivity index (χ0n) is 14.0. The van der Waals surface area contributed by atoms with Gasteiger partial charge in [-0.2, -0.15) is 0 Å². The average Bonchev–Trinajstić information content (AvgIpc) is 3.23. The first-order chi connectivity index (χ1) is 11.2. The molecule has 0 radical (unpaired) electrons. The number of rotatable bonds is 5. The second-order valence-corrected chi connectivity index (χ2v) is 6.38. The maximum atomic E-state index is 12.8. The molecule has 2 fully saturated rings. The lowest BCUT2D eigenvalue weighted by molar-refractivity contribution is -0.155. The Morgan fingerprint density at radius 3 is 2.91 bits per heavy atom. The van der Waals surface area contributed by atoms with Crippen LogP contribution in [0.2, 0.25) is 0 Å². The van der Waals surface area contributed by atoms with Gasteiger partial charge < -0.3 is 18.9 Å². The number of hydrogen-bond acceptors (Lipinski definition) is 5. The van der Waals surface area contributed by atoms with Gasteiger partial charge in [0.1, 0.15) is 18.5 Å². The summed E-state index contributed by atoms with van der Waals surface area (Å²) in [4.78, 5) is 14.7. The Bertz CT molecular complexity index is 527. The molecule has 1 aromatic rings. The molecular weight excluding hydrogens is 296 g/mol. The van der Waals surface area contributed by atoms with Crippen molar-refractivity contribution in [2.24, 2.45) is 7.05 Å². The summed E-state index contributed by atoms with van der Waals surface area (Å²) in [6.07, 6.45) is 6.63. The van der Waals surface area contributed by atoms with Crippen molar-refractivity contribution < 1.29 is 14.3 Å². The Hall–Kier alpha value is -1.47. The Kier molecular flexibility index (Phi) is 5.27. The van der Waals surface area contributed by atoms with Crippen molar-refractivity contribution in [1.82, 2.24) is 19.7 Å². The van der Waals surface area contributed by atoms with E-state index in [1.165, 1.54) is 12.8 Å². The van der Waals surface area contributed by atoms with Gasteiger partial charge in [-0.15, -0.1) is 10.2 Å². The number of carbonyl (C=O) groups is 1. The first-order valence-corrected chi connectivity index (χ1v) is 8.58. The van der Waals surface area contributed by atoms with Crippen LogP contribution in [0.25, 0.3) is 0 Å². The Morgan fingerprint density at radius 2 is 2.26 bits per heavy atom. The summed E-state index contributed by atoms with van der Waals surface area (Å²) in [6.45, 7) is 3.65. The standard InChI is InChI=1S/C16H26N4O3/c1-3-13(23-12-6-4-5-7-12)16(21)20-8-9-22-14(10-20)15-18-17-11-19(15)2/h11-14H,3-10H2,1-2H3. The predicted octanol–water partition coefficient (Wildman–Crippen LogP) is 1.45. The molecule has 1 saturated heterocycles. The molecule has 3 rings (SSSR count). The number of morpholine rings is 1. The average molecular weight is 322 g/mol. The van der Waals surface area contributed by atoms with Crippen LogP contribution in [0, 0.1) is 0 Å². The normalized spacial score (nSPS) is 24.1. The number of ether oxygens (including phenoxy) is 2. The highest BCUT2D eigenvalue weighted by Gasteiger charge is 2.33. The van der Waals surface area contributed by atoms with E-state index in [1.54, 1.807) is 6.33 Å². The minimum atomic E-state index is -0.337.